The van der Waals surface area contributed by atoms with Gasteiger partial charge in [-0.1, -0.05) is 29.8 Å². The predicted molar refractivity (Wildman–Crippen MR) is 111 cm³/mol. The molecule has 2 aromatic rings. The van der Waals surface area contributed by atoms with Gasteiger partial charge in [0.2, 0.25) is 5.91 Å². The molecule has 146 valence electrons. The maximum atomic E-state index is 13.0. The van der Waals surface area contributed by atoms with Crippen LogP contribution in [-0.2, 0) is 11.3 Å². The van der Waals surface area contributed by atoms with Gasteiger partial charge >= 0.3 is 0 Å². The Bertz CT molecular complexity index is 878. The number of hydrogen-bond donors (Lipinski definition) is 0. The third-order valence-electron chi connectivity index (χ3n) is 5.46. The van der Waals surface area contributed by atoms with E-state index in [1.165, 1.54) is 0 Å². The zero-order chi connectivity index (χ0) is 19.5. The summed E-state index contributed by atoms with van der Waals surface area (Å²) in [6.45, 7) is 4.33. The van der Waals surface area contributed by atoms with Gasteiger partial charge in [-0.25, -0.2) is 0 Å². The first-order valence-corrected chi connectivity index (χ1v) is 10.1. The van der Waals surface area contributed by atoms with Crippen LogP contribution in [0.15, 0.2) is 48.5 Å². The number of hydrogen-bond acceptors (Lipinski definition) is 3. The summed E-state index contributed by atoms with van der Waals surface area (Å²) in [4.78, 5) is 30.8. The van der Waals surface area contributed by atoms with Crippen molar-refractivity contribution in [2.45, 2.75) is 19.4 Å². The fourth-order valence-electron chi connectivity index (χ4n) is 3.92. The minimum absolute atomic E-state index is 0.0559. The average molecular weight is 398 g/mol. The first-order chi connectivity index (χ1) is 13.6. The standard InChI is InChI=1S/C22H24ClN3O2/c23-19-6-2-7-20(15-19)24-10-12-25(13-11-24)22(28)18-5-1-4-17(14-18)16-26-9-3-8-21(26)27/h1-2,4-7,14-15H,3,8-13,16H2. The Morgan fingerprint density at radius 1 is 0.964 bits per heavy atom. The third-order valence-corrected chi connectivity index (χ3v) is 5.69. The van der Waals surface area contributed by atoms with E-state index < -0.39 is 0 Å². The fraction of sp³-hybridized carbons (Fsp3) is 0.364. The zero-order valence-corrected chi connectivity index (χ0v) is 16.6. The Labute approximate surface area is 170 Å². The molecule has 0 bridgehead atoms. The number of amides is 2. The highest BCUT2D eigenvalue weighted by molar-refractivity contribution is 6.30. The van der Waals surface area contributed by atoms with Crippen molar-refractivity contribution in [1.82, 2.24) is 9.80 Å². The molecule has 5 nitrogen and oxygen atoms in total. The molecule has 0 spiro atoms. The molecule has 6 heteroatoms. The van der Waals surface area contributed by atoms with Gasteiger partial charge in [0.15, 0.2) is 0 Å². The van der Waals surface area contributed by atoms with Crippen molar-refractivity contribution in [2.24, 2.45) is 0 Å². The number of halogens is 1. The number of anilines is 1. The van der Waals surface area contributed by atoms with Crippen molar-refractivity contribution in [2.75, 3.05) is 37.6 Å². The zero-order valence-electron chi connectivity index (χ0n) is 15.8. The lowest BCUT2D eigenvalue weighted by Crippen LogP contribution is -2.48. The average Bonchev–Trinajstić information content (AvgIpc) is 3.12. The van der Waals surface area contributed by atoms with Gasteiger partial charge < -0.3 is 14.7 Å². The van der Waals surface area contributed by atoms with E-state index in [9.17, 15) is 9.59 Å². The SMILES string of the molecule is O=C1CCCN1Cc1cccc(C(=O)N2CCN(c3cccc(Cl)c3)CC2)c1. The van der Waals surface area contributed by atoms with E-state index in [2.05, 4.69) is 4.90 Å². The van der Waals surface area contributed by atoms with Crippen LogP contribution in [-0.4, -0.2) is 54.3 Å². The van der Waals surface area contributed by atoms with Gasteiger partial charge in [0, 0.05) is 62.0 Å². The van der Waals surface area contributed by atoms with Gasteiger partial charge in [-0.3, -0.25) is 9.59 Å². The minimum Gasteiger partial charge on any atom is -0.368 e. The van der Waals surface area contributed by atoms with Crippen LogP contribution < -0.4 is 4.90 Å². The molecule has 2 heterocycles. The summed E-state index contributed by atoms with van der Waals surface area (Å²) in [6, 6.07) is 15.5. The minimum atomic E-state index is 0.0559. The van der Waals surface area contributed by atoms with Crippen LogP contribution in [0.2, 0.25) is 5.02 Å². The van der Waals surface area contributed by atoms with E-state index in [1.54, 1.807) is 0 Å². The molecular weight excluding hydrogens is 374 g/mol. The van der Waals surface area contributed by atoms with E-state index >= 15 is 0 Å². The smallest absolute Gasteiger partial charge is 0.253 e. The Morgan fingerprint density at radius 3 is 2.46 bits per heavy atom. The lowest BCUT2D eigenvalue weighted by atomic mass is 10.1. The largest absolute Gasteiger partial charge is 0.368 e. The highest BCUT2D eigenvalue weighted by atomic mass is 35.5. The number of benzene rings is 2. The van der Waals surface area contributed by atoms with Crippen LogP contribution in [0.25, 0.3) is 0 Å². The third kappa shape index (κ3) is 4.14. The van der Waals surface area contributed by atoms with Crippen LogP contribution in [0.4, 0.5) is 5.69 Å². The lowest BCUT2D eigenvalue weighted by molar-refractivity contribution is -0.128. The Morgan fingerprint density at radius 2 is 1.75 bits per heavy atom. The Hall–Kier alpha value is -2.53. The molecule has 2 saturated heterocycles. The normalized spacial score (nSPS) is 17.3. The molecule has 0 N–H and O–H groups in total. The second-order valence-electron chi connectivity index (χ2n) is 7.38. The number of rotatable bonds is 4. The molecule has 2 fully saturated rings. The summed E-state index contributed by atoms with van der Waals surface area (Å²) >= 11 is 6.09. The molecule has 4 rings (SSSR count). The van der Waals surface area contributed by atoms with Crippen molar-refractivity contribution in [3.63, 3.8) is 0 Å². The van der Waals surface area contributed by atoms with E-state index in [-0.39, 0.29) is 11.8 Å². The van der Waals surface area contributed by atoms with Crippen LogP contribution in [0, 0.1) is 0 Å². The molecule has 0 atom stereocenters. The molecule has 0 aromatic heterocycles. The van der Waals surface area contributed by atoms with Crippen molar-refractivity contribution < 1.29 is 9.59 Å². The number of nitrogens with zero attached hydrogens (tertiary/aromatic N) is 3. The first kappa shape index (κ1) is 18.8. The van der Waals surface area contributed by atoms with Crippen LogP contribution in [0.3, 0.4) is 0 Å². The number of carbonyl (C=O) groups excluding carboxylic acids is 2. The molecule has 2 amide bonds. The monoisotopic (exact) mass is 397 g/mol. The van der Waals surface area contributed by atoms with E-state index in [1.807, 2.05) is 58.3 Å². The van der Waals surface area contributed by atoms with Gasteiger partial charge in [0.25, 0.3) is 5.91 Å². The maximum Gasteiger partial charge on any atom is 0.253 e. The van der Waals surface area contributed by atoms with Gasteiger partial charge in [-0.2, -0.15) is 0 Å². The molecule has 0 saturated carbocycles. The van der Waals surface area contributed by atoms with Gasteiger partial charge in [-0.15, -0.1) is 0 Å². The second kappa shape index (κ2) is 8.23. The predicted octanol–water partition coefficient (Wildman–Crippen LogP) is 3.42. The Balaban J connectivity index is 1.38. The van der Waals surface area contributed by atoms with E-state index in [0.29, 0.717) is 31.6 Å². The molecule has 28 heavy (non-hydrogen) atoms. The summed E-state index contributed by atoms with van der Waals surface area (Å²) in [5.74, 6) is 0.259. The summed E-state index contributed by atoms with van der Waals surface area (Å²) in [6.07, 6.45) is 1.56. The van der Waals surface area contributed by atoms with Crippen molar-refractivity contribution in [3.8, 4) is 0 Å². The van der Waals surface area contributed by atoms with E-state index in [0.717, 1.165) is 42.3 Å². The topological polar surface area (TPSA) is 43.9 Å². The van der Waals surface area contributed by atoms with Gasteiger partial charge in [0.05, 0.1) is 0 Å². The number of carbonyl (C=O) groups is 2. The summed E-state index contributed by atoms with van der Waals surface area (Å²) in [5, 5.41) is 0.726. The molecule has 0 unspecified atom stereocenters. The van der Waals surface area contributed by atoms with Crippen LogP contribution in [0.1, 0.15) is 28.8 Å². The lowest BCUT2D eigenvalue weighted by Gasteiger charge is -2.36. The second-order valence-corrected chi connectivity index (χ2v) is 7.81. The van der Waals surface area contributed by atoms with Crippen molar-refractivity contribution in [3.05, 3.63) is 64.7 Å². The van der Waals surface area contributed by atoms with Crippen molar-refractivity contribution in [1.29, 1.82) is 0 Å². The first-order valence-electron chi connectivity index (χ1n) is 9.77. The van der Waals surface area contributed by atoms with Gasteiger partial charge in [-0.05, 0) is 42.3 Å². The number of likely N-dealkylation sites (tertiary alicyclic amines) is 1. The molecule has 2 aliphatic heterocycles. The van der Waals surface area contributed by atoms with Crippen LogP contribution in [0.5, 0.6) is 0 Å². The highest BCUT2D eigenvalue weighted by Crippen LogP contribution is 2.22. The highest BCUT2D eigenvalue weighted by Gasteiger charge is 2.24. The molecule has 0 radical (unpaired) electrons. The molecule has 0 aliphatic carbocycles. The quantitative estimate of drug-likeness (QED) is 0.794. The van der Waals surface area contributed by atoms with Crippen molar-refractivity contribution >= 4 is 29.1 Å². The van der Waals surface area contributed by atoms with Crippen LogP contribution >= 0.6 is 11.6 Å². The molecule has 2 aliphatic rings. The summed E-state index contributed by atoms with van der Waals surface area (Å²) in [5.41, 5.74) is 2.80. The fourth-order valence-corrected chi connectivity index (χ4v) is 4.10. The Kier molecular flexibility index (Phi) is 5.53. The van der Waals surface area contributed by atoms with Gasteiger partial charge in [0.1, 0.15) is 0 Å². The van der Waals surface area contributed by atoms with E-state index in [4.69, 9.17) is 11.6 Å². The summed E-state index contributed by atoms with van der Waals surface area (Å²) in [7, 11) is 0. The molecule has 2 aromatic carbocycles. The molecular formula is C22H24ClN3O2. The summed E-state index contributed by atoms with van der Waals surface area (Å²) < 4.78 is 0. The maximum absolute atomic E-state index is 13.0. The number of piperazine rings is 1.